The Morgan fingerprint density at radius 3 is 1.78 bits per heavy atom. The Morgan fingerprint density at radius 1 is 0.889 bits per heavy atom. The molecule has 1 aliphatic rings. The van der Waals surface area contributed by atoms with Gasteiger partial charge >= 0.3 is 0 Å². The van der Waals surface area contributed by atoms with Crippen molar-refractivity contribution in [3.8, 4) is 0 Å². The van der Waals surface area contributed by atoms with Crippen molar-refractivity contribution in [3.63, 3.8) is 0 Å². The van der Waals surface area contributed by atoms with Gasteiger partial charge in [-0.25, -0.2) is 0 Å². The predicted octanol–water partition coefficient (Wildman–Crippen LogP) is 4.03. The molecule has 0 aliphatic carbocycles. The molecular weight excluding hydrogens is 248 g/mol. The van der Waals surface area contributed by atoms with E-state index in [4.69, 9.17) is 4.18 Å². The van der Waals surface area contributed by atoms with Gasteiger partial charge in [0.1, 0.15) is 5.75 Å². The third-order valence-electron chi connectivity index (χ3n) is 3.55. The Morgan fingerprint density at radius 2 is 1.33 bits per heavy atom. The van der Waals surface area contributed by atoms with E-state index in [0.29, 0.717) is 0 Å². The molecule has 0 bridgehead atoms. The van der Waals surface area contributed by atoms with Crippen molar-refractivity contribution in [2.45, 2.75) is 83.7 Å². The molecule has 0 radical (unpaired) electrons. The lowest BCUT2D eigenvalue weighted by atomic mass is 10.0. The molecule has 1 heterocycles. The maximum absolute atomic E-state index is 10.8. The van der Waals surface area contributed by atoms with E-state index in [0.717, 1.165) is 12.8 Å². The first-order valence-corrected chi connectivity index (χ1v) is 9.13. The normalized spacial score (nSPS) is 21.7. The van der Waals surface area contributed by atoms with Gasteiger partial charge in [0.2, 0.25) is 0 Å². The van der Waals surface area contributed by atoms with Gasteiger partial charge in [-0.2, -0.15) is 8.42 Å². The van der Waals surface area contributed by atoms with E-state index in [1.807, 2.05) is 0 Å². The van der Waals surface area contributed by atoms with Gasteiger partial charge < -0.3 is 0 Å². The van der Waals surface area contributed by atoms with Crippen LogP contribution < -0.4 is 0 Å². The Balaban J connectivity index is 1.74. The van der Waals surface area contributed by atoms with Crippen LogP contribution in [0.25, 0.3) is 0 Å². The van der Waals surface area contributed by atoms with Crippen LogP contribution in [0.1, 0.15) is 77.6 Å². The highest BCUT2D eigenvalue weighted by molar-refractivity contribution is 7.87. The van der Waals surface area contributed by atoms with E-state index in [1.54, 1.807) is 0 Å². The van der Waals surface area contributed by atoms with Crippen LogP contribution in [0.4, 0.5) is 0 Å². The highest BCUT2D eigenvalue weighted by Gasteiger charge is 2.33. The average molecular weight is 276 g/mol. The molecule has 0 aromatic carbocycles. The molecule has 0 aromatic rings. The maximum atomic E-state index is 10.8. The average Bonchev–Trinajstić information content (AvgIpc) is 2.29. The van der Waals surface area contributed by atoms with Crippen LogP contribution >= 0.6 is 0 Å². The van der Waals surface area contributed by atoms with Crippen LogP contribution in [0, 0.1) is 0 Å². The summed E-state index contributed by atoms with van der Waals surface area (Å²) in [5.74, 6) is 0.241. The summed E-state index contributed by atoms with van der Waals surface area (Å²) in [5, 5.41) is 0. The molecule has 1 saturated heterocycles. The van der Waals surface area contributed by atoms with Crippen molar-refractivity contribution in [1.29, 1.82) is 0 Å². The van der Waals surface area contributed by atoms with Gasteiger partial charge in [-0.15, -0.1) is 0 Å². The second kappa shape index (κ2) is 8.92. The van der Waals surface area contributed by atoms with E-state index in [1.165, 1.54) is 57.8 Å². The van der Waals surface area contributed by atoms with Crippen LogP contribution in [0.2, 0.25) is 0 Å². The molecule has 0 amide bonds. The summed E-state index contributed by atoms with van der Waals surface area (Å²) in [6.45, 7) is 2.25. The maximum Gasteiger partial charge on any atom is 0.270 e. The Bertz CT molecular complexity index is 286. The zero-order valence-electron chi connectivity index (χ0n) is 11.7. The fraction of sp³-hybridized carbons (Fsp3) is 1.00. The third-order valence-corrected chi connectivity index (χ3v) is 4.90. The van der Waals surface area contributed by atoms with Crippen molar-refractivity contribution in [2.75, 3.05) is 5.75 Å². The summed E-state index contributed by atoms with van der Waals surface area (Å²) in [7, 11) is -3.09. The molecule has 3 nitrogen and oxygen atoms in total. The standard InChI is InChI=1S/C14H28O3S/c1-2-3-4-5-6-7-8-9-10-11-12-14-13-18(15,16)17-14/h14H,2-13H2,1H3. The molecule has 1 rings (SSSR count). The summed E-state index contributed by atoms with van der Waals surface area (Å²) >= 11 is 0. The van der Waals surface area contributed by atoms with Crippen molar-refractivity contribution in [1.82, 2.24) is 0 Å². The second-order valence-corrected chi connectivity index (χ2v) is 7.05. The van der Waals surface area contributed by atoms with Crippen LogP contribution in [0.5, 0.6) is 0 Å². The van der Waals surface area contributed by atoms with E-state index in [2.05, 4.69) is 6.92 Å². The van der Waals surface area contributed by atoms with Gasteiger partial charge in [0.05, 0.1) is 6.10 Å². The first kappa shape index (κ1) is 16.0. The SMILES string of the molecule is CCCCCCCCCCCCC1CS(=O)(=O)O1. The van der Waals surface area contributed by atoms with E-state index >= 15 is 0 Å². The third kappa shape index (κ3) is 7.37. The van der Waals surface area contributed by atoms with Crippen LogP contribution in [-0.4, -0.2) is 20.3 Å². The van der Waals surface area contributed by atoms with E-state index in [-0.39, 0.29) is 11.9 Å². The molecule has 0 saturated carbocycles. The number of hydrogen-bond acceptors (Lipinski definition) is 3. The largest absolute Gasteiger partial charge is 0.270 e. The summed E-state index contributed by atoms with van der Waals surface area (Å²) < 4.78 is 26.3. The quantitative estimate of drug-likeness (QED) is 0.423. The minimum Gasteiger partial charge on any atom is -0.266 e. The fourth-order valence-electron chi connectivity index (χ4n) is 2.42. The number of rotatable bonds is 11. The zero-order valence-corrected chi connectivity index (χ0v) is 12.5. The highest BCUT2D eigenvalue weighted by atomic mass is 32.2. The van der Waals surface area contributed by atoms with Gasteiger partial charge in [-0.1, -0.05) is 71.1 Å². The van der Waals surface area contributed by atoms with E-state index in [9.17, 15) is 8.42 Å². The second-order valence-electron chi connectivity index (χ2n) is 5.41. The van der Waals surface area contributed by atoms with Gasteiger partial charge in [0.25, 0.3) is 10.1 Å². The minimum absolute atomic E-state index is 0.0101. The molecule has 18 heavy (non-hydrogen) atoms. The lowest BCUT2D eigenvalue weighted by molar-refractivity contribution is 0.166. The molecule has 1 aliphatic heterocycles. The molecule has 1 unspecified atom stereocenters. The summed E-state index contributed by atoms with van der Waals surface area (Å²) in [5.41, 5.74) is 0. The summed E-state index contributed by atoms with van der Waals surface area (Å²) in [6, 6.07) is 0. The molecule has 0 spiro atoms. The highest BCUT2D eigenvalue weighted by Crippen LogP contribution is 2.21. The Labute approximate surface area is 112 Å². The Kier molecular flexibility index (Phi) is 7.91. The molecular formula is C14H28O3S. The van der Waals surface area contributed by atoms with Crippen LogP contribution in [0.3, 0.4) is 0 Å². The van der Waals surface area contributed by atoms with Crippen molar-refractivity contribution in [3.05, 3.63) is 0 Å². The fourth-order valence-corrected chi connectivity index (χ4v) is 3.54. The monoisotopic (exact) mass is 276 g/mol. The zero-order chi connectivity index (χ0) is 13.3. The number of unbranched alkanes of at least 4 members (excludes halogenated alkanes) is 9. The molecule has 1 atom stereocenters. The van der Waals surface area contributed by atoms with Crippen molar-refractivity contribution >= 4 is 10.1 Å². The molecule has 0 aromatic heterocycles. The first-order valence-electron chi connectivity index (χ1n) is 7.55. The number of hydrogen-bond donors (Lipinski definition) is 0. The van der Waals surface area contributed by atoms with Crippen LogP contribution in [-0.2, 0) is 14.3 Å². The molecule has 0 N–H and O–H groups in total. The van der Waals surface area contributed by atoms with Crippen molar-refractivity contribution < 1.29 is 12.6 Å². The van der Waals surface area contributed by atoms with Gasteiger partial charge in [-0.3, -0.25) is 4.18 Å². The summed E-state index contributed by atoms with van der Waals surface area (Å²) in [4.78, 5) is 0. The van der Waals surface area contributed by atoms with Gasteiger partial charge in [0.15, 0.2) is 0 Å². The molecule has 108 valence electrons. The first-order chi connectivity index (χ1) is 8.64. The lowest BCUT2D eigenvalue weighted by Crippen LogP contribution is -2.38. The van der Waals surface area contributed by atoms with E-state index < -0.39 is 10.1 Å². The molecule has 4 heteroatoms. The van der Waals surface area contributed by atoms with Crippen molar-refractivity contribution in [2.24, 2.45) is 0 Å². The predicted molar refractivity (Wildman–Crippen MR) is 75.1 cm³/mol. The molecule has 1 fully saturated rings. The lowest BCUT2D eigenvalue weighted by Gasteiger charge is -2.25. The van der Waals surface area contributed by atoms with Gasteiger partial charge in [-0.05, 0) is 6.42 Å². The smallest absolute Gasteiger partial charge is 0.266 e. The van der Waals surface area contributed by atoms with Crippen LogP contribution in [0.15, 0.2) is 0 Å². The Hall–Kier alpha value is -0.0900. The minimum atomic E-state index is -3.09. The van der Waals surface area contributed by atoms with Gasteiger partial charge in [0, 0.05) is 0 Å². The summed E-state index contributed by atoms with van der Waals surface area (Å²) in [6.07, 6.45) is 14.1. The topological polar surface area (TPSA) is 43.4 Å².